The van der Waals surface area contributed by atoms with Crippen LogP contribution in [-0.2, 0) is 36.3 Å². The Kier molecular flexibility index (Phi) is 12.2. The molecule has 2 bridgehead atoms. The van der Waals surface area contributed by atoms with Gasteiger partial charge in [0.05, 0.1) is 28.9 Å². The van der Waals surface area contributed by atoms with Crippen LogP contribution in [0.4, 0.5) is 4.79 Å². The summed E-state index contributed by atoms with van der Waals surface area (Å²) in [5.74, 6) is 0.487. The topological polar surface area (TPSA) is 180 Å². The number of amides is 1. The van der Waals surface area contributed by atoms with Crippen molar-refractivity contribution in [3.05, 3.63) is 159 Å². The van der Waals surface area contributed by atoms with E-state index < -0.39 is 24.2 Å². The minimum Gasteiger partial charge on any atom is -0.506 e. The number of hydrogen-bond donors (Lipinski definition) is 5. The zero-order valence-corrected chi connectivity index (χ0v) is 33.3. The molecule has 3 fully saturated rings. The zero-order valence-electron chi connectivity index (χ0n) is 33.3. The first kappa shape index (κ1) is 40.3. The number of hydrogen-bond acceptors (Lipinski definition) is 11. The molecule has 3 aliphatic rings. The average molecular weight is 813 g/mol. The van der Waals surface area contributed by atoms with Crippen molar-refractivity contribution in [2.75, 3.05) is 26.2 Å². The number of piperidine rings is 3. The third kappa shape index (κ3) is 9.52. The maximum absolute atomic E-state index is 13.2. The summed E-state index contributed by atoms with van der Waals surface area (Å²) in [6, 6.07) is 31.9. The number of carbonyl (C=O) groups excluding carboxylic acids is 2. The monoisotopic (exact) mass is 812 g/mol. The Morgan fingerprint density at radius 2 is 1.70 bits per heavy atom. The molecule has 0 saturated carbocycles. The van der Waals surface area contributed by atoms with Crippen molar-refractivity contribution in [2.24, 2.45) is 13.0 Å². The van der Waals surface area contributed by atoms with Gasteiger partial charge in [-0.05, 0) is 96.6 Å². The van der Waals surface area contributed by atoms with Gasteiger partial charge in [0.25, 0.3) is 0 Å². The molecule has 14 heteroatoms. The van der Waals surface area contributed by atoms with Crippen molar-refractivity contribution in [2.45, 2.75) is 50.8 Å². The molecule has 0 radical (unpaired) electrons. The average Bonchev–Trinajstić information content (AvgIpc) is 3.63. The molecule has 3 saturated heterocycles. The van der Waals surface area contributed by atoms with Gasteiger partial charge in [0.1, 0.15) is 36.5 Å². The van der Waals surface area contributed by atoms with Gasteiger partial charge >= 0.3 is 12.1 Å². The highest BCUT2D eigenvalue weighted by atomic mass is 16.6. The number of aryl methyl sites for hydroxylation is 1. The van der Waals surface area contributed by atoms with Crippen LogP contribution in [0.5, 0.6) is 11.5 Å². The summed E-state index contributed by atoms with van der Waals surface area (Å²) in [7, 11) is 1.79. The number of aromatic amines is 1. The third-order valence-electron chi connectivity index (χ3n) is 11.3. The number of aliphatic hydroxyl groups is 1. The van der Waals surface area contributed by atoms with Gasteiger partial charge in [-0.15, -0.1) is 0 Å². The van der Waals surface area contributed by atoms with Crippen molar-refractivity contribution in [3.63, 3.8) is 0 Å². The first-order chi connectivity index (χ1) is 29.2. The summed E-state index contributed by atoms with van der Waals surface area (Å²) >= 11 is 0. The molecule has 3 atom stereocenters. The van der Waals surface area contributed by atoms with E-state index in [2.05, 4.69) is 25.6 Å². The predicted molar refractivity (Wildman–Crippen MR) is 223 cm³/mol. The fraction of sp³-hybridized carbons (Fsp3) is 0.304. The van der Waals surface area contributed by atoms with E-state index in [1.54, 1.807) is 36.0 Å². The first-order valence-corrected chi connectivity index (χ1v) is 20.2. The molecule has 3 aliphatic heterocycles. The van der Waals surface area contributed by atoms with E-state index in [-0.39, 0.29) is 42.7 Å². The van der Waals surface area contributed by atoms with Crippen molar-refractivity contribution < 1.29 is 34.0 Å². The molecule has 1 amide bonds. The van der Waals surface area contributed by atoms with Gasteiger partial charge in [0, 0.05) is 38.1 Å². The Labute approximate surface area is 346 Å². The number of phenols is 1. The first-order valence-electron chi connectivity index (χ1n) is 20.2. The number of rotatable bonds is 15. The maximum atomic E-state index is 13.2. The molecular formula is C46H48N6O8. The number of aliphatic hydroxyl groups excluding tert-OH is 1. The van der Waals surface area contributed by atoms with Crippen LogP contribution in [0.2, 0.25) is 0 Å². The van der Waals surface area contributed by atoms with E-state index in [0.717, 1.165) is 54.9 Å². The van der Waals surface area contributed by atoms with Crippen LogP contribution in [0.15, 0.2) is 114 Å². The molecule has 5 N–H and O–H groups in total. The standard InChI is InChI=1S/C46H48N6O8/c1-51-35(24-47-25-40(54)37-14-16-39(53)44-38(37)15-17-42(55)48-44)23-34(50-51)28-59-45(56)32-12-10-29(11-13-32)27-58-36-9-5-8-33(22-36)43(31-6-3-2-4-7-31)49-46(57)60-41-26-52-20-18-30(41)19-21-52/h2-17,22-23,30,40-41,43,47,53-54H,18-21,24-28H2,1H3,(H,48,55)(H,49,57)/t40-,41+,43?/m1/s1. The van der Waals surface area contributed by atoms with Crippen LogP contribution < -0.4 is 20.9 Å². The van der Waals surface area contributed by atoms with E-state index in [1.807, 2.05) is 72.8 Å². The molecular weight excluding hydrogens is 765 g/mol. The molecule has 0 aliphatic carbocycles. The van der Waals surface area contributed by atoms with E-state index in [4.69, 9.17) is 14.2 Å². The number of aromatic nitrogens is 3. The van der Waals surface area contributed by atoms with Gasteiger partial charge in [-0.2, -0.15) is 5.10 Å². The SMILES string of the molecule is Cn1nc(COC(=O)c2ccc(COc3cccc(C(NC(=O)O[C@H]4CN5CCC4CC5)c4ccccc4)c3)cc2)cc1CNC[C@@H](O)c1ccc(O)c2[nH]c(=O)ccc12. The highest BCUT2D eigenvalue weighted by Gasteiger charge is 2.37. The lowest BCUT2D eigenvalue weighted by Crippen LogP contribution is -2.52. The summed E-state index contributed by atoms with van der Waals surface area (Å²) < 4.78 is 19.4. The summed E-state index contributed by atoms with van der Waals surface area (Å²) in [6.07, 6.45) is 0.688. The number of ether oxygens (including phenoxy) is 3. The second-order valence-electron chi connectivity index (χ2n) is 15.4. The lowest BCUT2D eigenvalue weighted by molar-refractivity contribution is -0.0336. The van der Waals surface area contributed by atoms with Gasteiger partial charge in [-0.1, -0.05) is 60.7 Å². The third-order valence-corrected chi connectivity index (χ3v) is 11.3. The number of phenolic OH excluding ortho intramolecular Hbond substituents is 1. The van der Waals surface area contributed by atoms with Crippen LogP contribution >= 0.6 is 0 Å². The predicted octanol–water partition coefficient (Wildman–Crippen LogP) is 5.64. The van der Waals surface area contributed by atoms with Gasteiger partial charge in [0.15, 0.2) is 0 Å². The van der Waals surface area contributed by atoms with Crippen LogP contribution in [0, 0.1) is 5.92 Å². The number of fused-ring (bicyclic) bond motifs is 4. The molecule has 0 spiro atoms. The van der Waals surface area contributed by atoms with Crippen LogP contribution in [-0.4, -0.2) is 74.2 Å². The Hall–Kier alpha value is -6.48. The van der Waals surface area contributed by atoms with E-state index >= 15 is 0 Å². The molecule has 60 heavy (non-hydrogen) atoms. The molecule has 4 aromatic carbocycles. The number of pyridine rings is 1. The Balaban J connectivity index is 0.817. The Morgan fingerprint density at radius 3 is 2.47 bits per heavy atom. The van der Waals surface area contributed by atoms with Crippen LogP contribution in [0.1, 0.15) is 69.0 Å². The van der Waals surface area contributed by atoms with Crippen LogP contribution in [0.25, 0.3) is 10.9 Å². The van der Waals surface area contributed by atoms with Crippen molar-refractivity contribution >= 4 is 23.0 Å². The molecule has 2 aromatic heterocycles. The lowest BCUT2D eigenvalue weighted by atomic mass is 9.86. The molecule has 310 valence electrons. The molecule has 1 unspecified atom stereocenters. The molecule has 5 heterocycles. The number of alkyl carbamates (subject to hydrolysis) is 1. The summed E-state index contributed by atoms with van der Waals surface area (Å²) in [4.78, 5) is 42.9. The minimum absolute atomic E-state index is 0.0234. The van der Waals surface area contributed by atoms with Crippen molar-refractivity contribution in [1.82, 2.24) is 30.3 Å². The van der Waals surface area contributed by atoms with Crippen LogP contribution in [0.3, 0.4) is 0 Å². The number of carbonyl (C=O) groups is 2. The Morgan fingerprint density at radius 1 is 0.917 bits per heavy atom. The summed E-state index contributed by atoms with van der Waals surface area (Å²) in [6.45, 7) is 3.75. The van der Waals surface area contributed by atoms with Crippen molar-refractivity contribution in [1.29, 1.82) is 0 Å². The number of aromatic hydroxyl groups is 1. The number of nitrogens with one attached hydrogen (secondary N) is 3. The van der Waals surface area contributed by atoms with E-state index in [1.165, 1.54) is 12.1 Å². The van der Waals surface area contributed by atoms with Crippen molar-refractivity contribution in [3.8, 4) is 11.5 Å². The molecule has 6 aromatic rings. The van der Waals surface area contributed by atoms with Gasteiger partial charge in [0.2, 0.25) is 5.56 Å². The quantitative estimate of drug-likeness (QED) is 0.0811. The number of nitrogens with zero attached hydrogens (tertiary/aromatic N) is 3. The largest absolute Gasteiger partial charge is 0.506 e. The van der Waals surface area contributed by atoms with E-state index in [0.29, 0.717) is 40.4 Å². The Bertz CT molecular complexity index is 2500. The maximum Gasteiger partial charge on any atom is 0.408 e. The van der Waals surface area contributed by atoms with Gasteiger partial charge in [-0.25, -0.2) is 9.59 Å². The summed E-state index contributed by atoms with van der Waals surface area (Å²) in [5.41, 5.74) is 4.91. The second-order valence-corrected chi connectivity index (χ2v) is 15.4. The van der Waals surface area contributed by atoms with Gasteiger partial charge in [-0.3, -0.25) is 14.4 Å². The second kappa shape index (κ2) is 18.2. The fourth-order valence-corrected chi connectivity index (χ4v) is 8.05. The minimum atomic E-state index is -0.907. The zero-order chi connectivity index (χ0) is 41.6. The highest BCUT2D eigenvalue weighted by molar-refractivity contribution is 5.89. The molecule has 14 nitrogen and oxygen atoms in total. The number of H-pyrrole nitrogens is 1. The highest BCUT2D eigenvalue weighted by Crippen LogP contribution is 2.31. The smallest absolute Gasteiger partial charge is 0.408 e. The molecule has 9 rings (SSSR count). The lowest BCUT2D eigenvalue weighted by Gasteiger charge is -2.43. The number of benzene rings is 4. The fourth-order valence-electron chi connectivity index (χ4n) is 8.05. The van der Waals surface area contributed by atoms with Gasteiger partial charge < -0.3 is 40.0 Å². The summed E-state index contributed by atoms with van der Waals surface area (Å²) in [5, 5.41) is 32.4. The normalized spacial score (nSPS) is 18.1. The number of esters is 1. The van der Waals surface area contributed by atoms with E-state index in [9.17, 15) is 24.6 Å².